The van der Waals surface area contributed by atoms with Crippen LogP contribution in [0, 0.1) is 0 Å². The average molecular weight is 229 g/mol. The molecule has 0 saturated heterocycles. The van der Waals surface area contributed by atoms with Gasteiger partial charge in [0.2, 0.25) is 5.91 Å². The number of amides is 1. The Bertz CT molecular complexity index is 130. The number of carbonyl (C=O) groups is 1. The smallest absolute Gasteiger partial charge is 0.845 e. The van der Waals surface area contributed by atoms with Crippen molar-refractivity contribution < 1.29 is 68.1 Å². The number of allylic oxidation sites excluding steroid dienone is 1. The molecule has 0 rings (SSSR count). The van der Waals surface area contributed by atoms with Gasteiger partial charge in [-0.15, -0.1) is 6.58 Å². The zero-order valence-corrected chi connectivity index (χ0v) is 11.6. The Morgan fingerprint density at radius 2 is 2.36 bits per heavy atom. The largest absolute Gasteiger partial charge is 1.00 e. The minimum Gasteiger partial charge on any atom is -0.845 e. The summed E-state index contributed by atoms with van der Waals surface area (Å²) in [7, 11) is 0. The van der Waals surface area contributed by atoms with Gasteiger partial charge in [0.05, 0.1) is 0 Å². The molecule has 0 aromatic heterocycles. The summed E-state index contributed by atoms with van der Waals surface area (Å²) in [6.45, 7) is 3.42. The minimum absolute atomic E-state index is 0. The molecule has 3 N–H and O–H groups in total. The second kappa shape index (κ2) is 9.03. The van der Waals surface area contributed by atoms with E-state index in [2.05, 4.69) is 6.58 Å². The summed E-state index contributed by atoms with van der Waals surface area (Å²) >= 11 is 0. The minimum atomic E-state index is -1.26. The molecule has 0 aliphatic carbocycles. The topological polar surface area (TPSA) is 78.2 Å². The van der Waals surface area contributed by atoms with Crippen LogP contribution in [0.4, 0.5) is 0 Å². The van der Waals surface area contributed by atoms with Crippen molar-refractivity contribution >= 4 is 5.91 Å². The zero-order valence-electron chi connectivity index (χ0n) is 6.67. The van der Waals surface area contributed by atoms with Crippen LogP contribution >= 0.6 is 0 Å². The molecule has 0 heterocycles. The fourth-order valence-corrected chi connectivity index (χ4v) is 0.493. The van der Waals surface area contributed by atoms with Crippen LogP contribution in [0.1, 0.15) is 12.8 Å². The summed E-state index contributed by atoms with van der Waals surface area (Å²) in [4.78, 5) is 10.4. The SMILES string of the molecule is C=CCCC([O-])C(=O)NN.[Rb+]. The predicted octanol–water partition coefficient (Wildman–Crippen LogP) is -4.32. The van der Waals surface area contributed by atoms with Gasteiger partial charge >= 0.3 is 58.2 Å². The fraction of sp³-hybridized carbons (Fsp3) is 0.500. The number of nitrogens with one attached hydrogen (secondary N) is 1. The van der Waals surface area contributed by atoms with Crippen LogP contribution in [0.25, 0.3) is 0 Å². The van der Waals surface area contributed by atoms with Gasteiger partial charge in [0.1, 0.15) is 0 Å². The van der Waals surface area contributed by atoms with Crippen LogP contribution < -0.4 is 74.6 Å². The first kappa shape index (κ1) is 14.5. The van der Waals surface area contributed by atoms with E-state index in [1.54, 1.807) is 11.5 Å². The van der Waals surface area contributed by atoms with Gasteiger partial charge in [-0.2, -0.15) is 0 Å². The van der Waals surface area contributed by atoms with Crippen molar-refractivity contribution in [1.29, 1.82) is 0 Å². The maximum atomic E-state index is 10.7. The van der Waals surface area contributed by atoms with E-state index in [0.29, 0.717) is 6.42 Å². The van der Waals surface area contributed by atoms with E-state index in [1.165, 1.54) is 0 Å². The van der Waals surface area contributed by atoms with Crippen molar-refractivity contribution in [1.82, 2.24) is 5.43 Å². The van der Waals surface area contributed by atoms with Gasteiger partial charge in [0.25, 0.3) is 0 Å². The van der Waals surface area contributed by atoms with Crippen molar-refractivity contribution in [2.75, 3.05) is 0 Å². The summed E-state index contributed by atoms with van der Waals surface area (Å²) in [5.74, 6) is 4.05. The van der Waals surface area contributed by atoms with Gasteiger partial charge in [-0.25, -0.2) is 5.84 Å². The van der Waals surface area contributed by atoms with Crippen molar-refractivity contribution in [3.8, 4) is 0 Å². The van der Waals surface area contributed by atoms with E-state index >= 15 is 0 Å². The quantitative estimate of drug-likeness (QED) is 0.221. The molecule has 1 unspecified atom stereocenters. The maximum Gasteiger partial charge on any atom is 1.00 e. The van der Waals surface area contributed by atoms with E-state index in [9.17, 15) is 9.90 Å². The van der Waals surface area contributed by atoms with E-state index in [4.69, 9.17) is 5.84 Å². The molecule has 0 aliphatic heterocycles. The first-order chi connectivity index (χ1) is 4.72. The van der Waals surface area contributed by atoms with Gasteiger partial charge in [-0.3, -0.25) is 10.2 Å². The summed E-state index contributed by atoms with van der Waals surface area (Å²) in [6.07, 6.45) is 1.13. The number of hydrogen-bond donors (Lipinski definition) is 2. The number of nitrogens with two attached hydrogens (primary N) is 1. The Kier molecular flexibility index (Phi) is 11.9. The summed E-state index contributed by atoms with van der Waals surface area (Å²) in [5, 5.41) is 10.7. The number of hydrogen-bond acceptors (Lipinski definition) is 3. The monoisotopic (exact) mass is 228 g/mol. The molecule has 4 nitrogen and oxygen atoms in total. The number of rotatable bonds is 4. The molecule has 11 heavy (non-hydrogen) atoms. The summed E-state index contributed by atoms with van der Waals surface area (Å²) in [6, 6.07) is 0. The molecule has 0 radical (unpaired) electrons. The Morgan fingerprint density at radius 1 is 1.82 bits per heavy atom. The van der Waals surface area contributed by atoms with Gasteiger partial charge in [0, 0.05) is 0 Å². The van der Waals surface area contributed by atoms with Crippen molar-refractivity contribution in [3.05, 3.63) is 12.7 Å². The zero-order chi connectivity index (χ0) is 7.98. The Hall–Kier alpha value is 0.935. The Balaban J connectivity index is 0. The van der Waals surface area contributed by atoms with Gasteiger partial charge < -0.3 is 5.11 Å². The van der Waals surface area contributed by atoms with Crippen LogP contribution in [0.2, 0.25) is 0 Å². The third-order valence-electron chi connectivity index (χ3n) is 1.07. The van der Waals surface area contributed by atoms with Crippen LogP contribution in [0.3, 0.4) is 0 Å². The van der Waals surface area contributed by atoms with Gasteiger partial charge in [-0.1, -0.05) is 12.5 Å². The van der Waals surface area contributed by atoms with Crippen LogP contribution in [0.5, 0.6) is 0 Å². The van der Waals surface area contributed by atoms with E-state index in [1.807, 2.05) is 0 Å². The van der Waals surface area contributed by atoms with E-state index in [-0.39, 0.29) is 64.6 Å². The van der Waals surface area contributed by atoms with Crippen molar-refractivity contribution in [2.24, 2.45) is 5.84 Å². The number of hydrazine groups is 1. The molecular weight excluding hydrogens is 218 g/mol. The van der Waals surface area contributed by atoms with Gasteiger partial charge in [0.15, 0.2) is 0 Å². The Labute approximate surface area is 115 Å². The summed E-state index contributed by atoms with van der Waals surface area (Å²) in [5.41, 5.74) is 1.79. The van der Waals surface area contributed by atoms with Crippen molar-refractivity contribution in [2.45, 2.75) is 18.9 Å². The normalized spacial score (nSPS) is 11.1. The van der Waals surface area contributed by atoms with Crippen LogP contribution in [0.15, 0.2) is 12.7 Å². The average Bonchev–Trinajstić information content (AvgIpc) is 1.98. The molecule has 1 atom stereocenters. The van der Waals surface area contributed by atoms with E-state index in [0.717, 1.165) is 0 Å². The molecular formula is C6H11N2O2Rb. The van der Waals surface area contributed by atoms with Crippen LogP contribution in [-0.4, -0.2) is 12.0 Å². The predicted molar refractivity (Wildman–Crippen MR) is 35.5 cm³/mol. The molecule has 5 heteroatoms. The third-order valence-corrected chi connectivity index (χ3v) is 1.07. The second-order valence-electron chi connectivity index (χ2n) is 1.86. The standard InChI is InChI=1S/C6H11N2O2.Rb/c1-2-3-4-5(9)6(10)8-7;/h2,5H,1,3-4,7H2,(H,8,10);/q-1;+1. The van der Waals surface area contributed by atoms with Crippen molar-refractivity contribution in [3.63, 3.8) is 0 Å². The molecule has 58 valence electrons. The Morgan fingerprint density at radius 3 is 2.73 bits per heavy atom. The number of carbonyl (C=O) groups excluding carboxylic acids is 1. The molecule has 0 aromatic carbocycles. The molecule has 0 saturated carbocycles. The first-order valence-corrected chi connectivity index (χ1v) is 2.99. The molecule has 0 bridgehead atoms. The summed E-state index contributed by atoms with van der Waals surface area (Å²) < 4.78 is 0. The molecule has 0 fully saturated rings. The molecule has 0 aromatic rings. The first-order valence-electron chi connectivity index (χ1n) is 2.99. The molecule has 0 aliphatic rings. The van der Waals surface area contributed by atoms with Crippen LogP contribution in [-0.2, 0) is 4.79 Å². The fourth-order valence-electron chi connectivity index (χ4n) is 0.493. The van der Waals surface area contributed by atoms with Gasteiger partial charge in [-0.05, 0) is 12.5 Å². The maximum absolute atomic E-state index is 10.7. The molecule has 1 amide bonds. The third kappa shape index (κ3) is 7.30. The molecule has 0 spiro atoms. The van der Waals surface area contributed by atoms with E-state index < -0.39 is 12.0 Å². The second-order valence-corrected chi connectivity index (χ2v) is 1.86.